The number of hydrogen-bond donors (Lipinski definition) is 1. The zero-order valence-electron chi connectivity index (χ0n) is 11.8. The van der Waals surface area contributed by atoms with E-state index < -0.39 is 0 Å². The first kappa shape index (κ1) is 14.5. The van der Waals surface area contributed by atoms with Crippen molar-refractivity contribution >= 4 is 15.9 Å². The molecule has 3 rings (SSSR count). The van der Waals surface area contributed by atoms with Crippen molar-refractivity contribution < 1.29 is 9.13 Å². The fourth-order valence-corrected chi connectivity index (χ4v) is 3.19. The maximum Gasteiger partial charge on any atom is 0.127 e. The minimum absolute atomic E-state index is 0.0803. The van der Waals surface area contributed by atoms with Gasteiger partial charge in [-0.15, -0.1) is 0 Å². The fourth-order valence-electron chi connectivity index (χ4n) is 2.63. The van der Waals surface area contributed by atoms with Gasteiger partial charge >= 0.3 is 0 Å². The summed E-state index contributed by atoms with van der Waals surface area (Å²) in [6.07, 6.45) is 0.960. The van der Waals surface area contributed by atoms with Crippen LogP contribution in [0.15, 0.2) is 40.9 Å². The Bertz CT molecular complexity index is 659. The molecule has 0 bridgehead atoms. The van der Waals surface area contributed by atoms with Crippen LogP contribution in [-0.2, 0) is 13.0 Å². The van der Waals surface area contributed by atoms with Gasteiger partial charge in [-0.05, 0) is 42.3 Å². The van der Waals surface area contributed by atoms with Crippen LogP contribution >= 0.6 is 15.9 Å². The fraction of sp³-hybridized carbons (Fsp3) is 0.294. The highest BCUT2D eigenvalue weighted by molar-refractivity contribution is 9.10. The van der Waals surface area contributed by atoms with Crippen molar-refractivity contribution in [1.82, 2.24) is 5.32 Å². The van der Waals surface area contributed by atoms with Crippen LogP contribution in [0.25, 0.3) is 0 Å². The van der Waals surface area contributed by atoms with E-state index in [0.29, 0.717) is 6.54 Å². The van der Waals surface area contributed by atoms with Crippen LogP contribution in [0.2, 0.25) is 0 Å². The smallest absolute Gasteiger partial charge is 0.127 e. The molecule has 0 saturated carbocycles. The second kappa shape index (κ2) is 6.16. The maximum atomic E-state index is 13.3. The summed E-state index contributed by atoms with van der Waals surface area (Å²) in [5, 5.41) is 3.43. The number of halogens is 2. The van der Waals surface area contributed by atoms with Crippen molar-refractivity contribution in [3.05, 3.63) is 63.4 Å². The van der Waals surface area contributed by atoms with Crippen molar-refractivity contribution in [3.63, 3.8) is 0 Å². The molecule has 0 saturated heterocycles. The minimum atomic E-state index is -0.201. The first-order valence-electron chi connectivity index (χ1n) is 7.06. The van der Waals surface area contributed by atoms with Crippen LogP contribution in [-0.4, -0.2) is 6.61 Å². The quantitative estimate of drug-likeness (QED) is 0.884. The first-order valence-corrected chi connectivity index (χ1v) is 7.86. The van der Waals surface area contributed by atoms with Crippen molar-refractivity contribution in [2.75, 3.05) is 6.61 Å². The maximum absolute atomic E-state index is 13.3. The number of ether oxygens (including phenoxy) is 1. The molecule has 1 aliphatic heterocycles. The topological polar surface area (TPSA) is 21.3 Å². The third-order valence-electron chi connectivity index (χ3n) is 3.77. The zero-order chi connectivity index (χ0) is 14.8. The lowest BCUT2D eigenvalue weighted by molar-refractivity contribution is 0.351. The number of fused-ring (bicyclic) bond motifs is 1. The van der Waals surface area contributed by atoms with Gasteiger partial charge in [-0.25, -0.2) is 4.39 Å². The van der Waals surface area contributed by atoms with Gasteiger partial charge in [-0.1, -0.05) is 28.1 Å². The summed E-state index contributed by atoms with van der Waals surface area (Å²) >= 11 is 3.54. The normalized spacial score (nSPS) is 14.6. The Morgan fingerprint density at radius 2 is 2.19 bits per heavy atom. The van der Waals surface area contributed by atoms with E-state index >= 15 is 0 Å². The minimum Gasteiger partial charge on any atom is -0.493 e. The SMILES string of the molecule is C[C@@H](NCc1cc(Br)cc2c1OCC2)c1cccc(F)c1. The van der Waals surface area contributed by atoms with E-state index in [2.05, 4.69) is 33.4 Å². The van der Waals surface area contributed by atoms with E-state index in [1.165, 1.54) is 11.6 Å². The lowest BCUT2D eigenvalue weighted by atomic mass is 10.1. The molecular formula is C17H17BrFNO. The molecule has 1 aliphatic rings. The summed E-state index contributed by atoms with van der Waals surface area (Å²) in [6.45, 7) is 3.48. The Balaban J connectivity index is 1.73. The molecule has 1 atom stereocenters. The third-order valence-corrected chi connectivity index (χ3v) is 4.23. The predicted octanol–water partition coefficient (Wildman–Crippen LogP) is 4.37. The molecule has 21 heavy (non-hydrogen) atoms. The summed E-state index contributed by atoms with van der Waals surface area (Å²) in [7, 11) is 0. The van der Waals surface area contributed by atoms with Gasteiger partial charge in [0.25, 0.3) is 0 Å². The third kappa shape index (κ3) is 3.27. The molecule has 0 fully saturated rings. The van der Waals surface area contributed by atoms with Crippen LogP contribution in [0.5, 0.6) is 5.75 Å². The van der Waals surface area contributed by atoms with Crippen molar-refractivity contribution in [1.29, 1.82) is 0 Å². The van der Waals surface area contributed by atoms with Crippen molar-refractivity contribution in [2.24, 2.45) is 0 Å². The average Bonchev–Trinajstić information content (AvgIpc) is 2.92. The van der Waals surface area contributed by atoms with E-state index in [4.69, 9.17) is 4.74 Å². The number of hydrogen-bond acceptors (Lipinski definition) is 2. The summed E-state index contributed by atoms with van der Waals surface area (Å²) in [4.78, 5) is 0. The number of benzene rings is 2. The largest absolute Gasteiger partial charge is 0.493 e. The van der Waals surface area contributed by atoms with Gasteiger partial charge in [0.15, 0.2) is 0 Å². The van der Waals surface area contributed by atoms with E-state index in [9.17, 15) is 4.39 Å². The molecule has 110 valence electrons. The predicted molar refractivity (Wildman–Crippen MR) is 85.0 cm³/mol. The van der Waals surface area contributed by atoms with Crippen LogP contribution < -0.4 is 10.1 Å². The van der Waals surface area contributed by atoms with Crippen molar-refractivity contribution in [3.8, 4) is 5.75 Å². The average molecular weight is 350 g/mol. The molecule has 0 unspecified atom stereocenters. The molecule has 4 heteroatoms. The summed E-state index contributed by atoms with van der Waals surface area (Å²) in [5.74, 6) is 0.796. The van der Waals surface area contributed by atoms with Gasteiger partial charge in [0.1, 0.15) is 11.6 Å². The van der Waals surface area contributed by atoms with Gasteiger partial charge in [0, 0.05) is 29.0 Å². The second-order valence-corrected chi connectivity index (χ2v) is 6.22. The van der Waals surface area contributed by atoms with Crippen LogP contribution in [0.3, 0.4) is 0 Å². The van der Waals surface area contributed by atoms with E-state index in [0.717, 1.165) is 34.4 Å². The van der Waals surface area contributed by atoms with Gasteiger partial charge < -0.3 is 10.1 Å². The van der Waals surface area contributed by atoms with Gasteiger partial charge in [0.05, 0.1) is 6.61 Å². The molecule has 2 aromatic carbocycles. The highest BCUT2D eigenvalue weighted by atomic mass is 79.9. The van der Waals surface area contributed by atoms with Crippen LogP contribution in [0.4, 0.5) is 4.39 Å². The molecule has 2 aromatic rings. The molecule has 0 radical (unpaired) electrons. The Morgan fingerprint density at radius 1 is 1.33 bits per heavy atom. The number of nitrogens with one attached hydrogen (secondary N) is 1. The standard InChI is InChI=1S/C17H17BrFNO/c1-11(12-3-2-4-16(19)9-12)20-10-14-8-15(18)7-13-5-6-21-17(13)14/h2-4,7-9,11,20H,5-6,10H2,1H3/t11-/m1/s1. The Hall–Kier alpha value is -1.39. The Labute approximate surface area is 132 Å². The van der Waals surface area contributed by atoms with Crippen molar-refractivity contribution in [2.45, 2.75) is 25.9 Å². The van der Waals surface area contributed by atoms with Gasteiger partial charge in [-0.3, -0.25) is 0 Å². The monoisotopic (exact) mass is 349 g/mol. The zero-order valence-corrected chi connectivity index (χ0v) is 13.4. The van der Waals surface area contributed by atoms with Gasteiger partial charge in [0.2, 0.25) is 0 Å². The van der Waals surface area contributed by atoms with Crippen LogP contribution in [0.1, 0.15) is 29.7 Å². The molecule has 0 spiro atoms. The highest BCUT2D eigenvalue weighted by Gasteiger charge is 2.17. The molecule has 1 heterocycles. The van der Waals surface area contributed by atoms with Crippen LogP contribution in [0, 0.1) is 5.82 Å². The Kier molecular flexibility index (Phi) is 4.27. The molecule has 0 amide bonds. The lowest BCUT2D eigenvalue weighted by Crippen LogP contribution is -2.18. The molecule has 0 aliphatic carbocycles. The Morgan fingerprint density at radius 3 is 3.00 bits per heavy atom. The van der Waals surface area contributed by atoms with E-state index in [1.807, 2.05) is 13.0 Å². The van der Waals surface area contributed by atoms with E-state index in [1.54, 1.807) is 12.1 Å². The molecule has 1 N–H and O–H groups in total. The van der Waals surface area contributed by atoms with E-state index in [-0.39, 0.29) is 11.9 Å². The highest BCUT2D eigenvalue weighted by Crippen LogP contribution is 2.33. The molecule has 2 nitrogen and oxygen atoms in total. The summed E-state index contributed by atoms with van der Waals surface area (Å²) < 4.78 is 20.1. The first-order chi connectivity index (χ1) is 10.1. The molecular weight excluding hydrogens is 333 g/mol. The number of rotatable bonds is 4. The summed E-state index contributed by atoms with van der Waals surface area (Å²) in [5.41, 5.74) is 3.34. The molecule has 0 aromatic heterocycles. The van der Waals surface area contributed by atoms with Gasteiger partial charge in [-0.2, -0.15) is 0 Å². The summed E-state index contributed by atoms with van der Waals surface area (Å²) in [6, 6.07) is 11.0. The second-order valence-electron chi connectivity index (χ2n) is 5.31. The lowest BCUT2D eigenvalue weighted by Gasteiger charge is -2.16.